The van der Waals surface area contributed by atoms with Gasteiger partial charge in [-0.15, -0.1) is 0 Å². The summed E-state index contributed by atoms with van der Waals surface area (Å²) in [5.41, 5.74) is 1.76. The number of rotatable bonds is 4. The van der Waals surface area contributed by atoms with Crippen molar-refractivity contribution in [1.29, 1.82) is 0 Å². The number of halogens is 3. The van der Waals surface area contributed by atoms with Crippen molar-refractivity contribution in [2.24, 2.45) is 0 Å². The maximum Gasteiger partial charge on any atom is 0.450 e. The number of aromatic nitrogens is 2. The summed E-state index contributed by atoms with van der Waals surface area (Å²) in [5.74, 6) is -1.78. The first-order valence-electron chi connectivity index (χ1n) is 8.68. The fourth-order valence-corrected chi connectivity index (χ4v) is 3.15. The van der Waals surface area contributed by atoms with Gasteiger partial charge in [-0.1, -0.05) is 30.3 Å². The Balaban J connectivity index is 1.69. The molecule has 0 saturated heterocycles. The van der Waals surface area contributed by atoms with E-state index in [9.17, 15) is 22.8 Å². The number of carbonyl (C=O) groups excluding carboxylic acids is 1. The molecule has 2 N–H and O–H groups in total. The number of Topliss-reactive ketones (excluding diaryl/α,β-unsaturated/α-hetero) is 1. The number of ketones is 1. The molecule has 4 aromatic rings. The standard InChI is InChI=1S/C21H14F3N3O2/c22-21(23,24)17(28)11-12-5-7-13(8-6-12)26-16-9-10-25-19-18(16)14-3-1-2-4-15(14)20(29)27-19/h1-10H,11H2,(H2,25,26,27,29). The van der Waals surface area contributed by atoms with Crippen molar-refractivity contribution >= 4 is 39.0 Å². The summed E-state index contributed by atoms with van der Waals surface area (Å²) in [6.07, 6.45) is -4.00. The third kappa shape index (κ3) is 3.69. The molecule has 0 aliphatic heterocycles. The molecular weight excluding hydrogens is 383 g/mol. The summed E-state index contributed by atoms with van der Waals surface area (Å²) in [5, 5.41) is 5.18. The van der Waals surface area contributed by atoms with E-state index in [0.717, 1.165) is 10.8 Å². The van der Waals surface area contributed by atoms with Crippen LogP contribution in [-0.2, 0) is 11.2 Å². The second-order valence-electron chi connectivity index (χ2n) is 6.50. The minimum atomic E-state index is -4.84. The highest BCUT2D eigenvalue weighted by atomic mass is 19.4. The molecule has 146 valence electrons. The highest BCUT2D eigenvalue weighted by Crippen LogP contribution is 2.29. The highest BCUT2D eigenvalue weighted by molar-refractivity contribution is 6.10. The topological polar surface area (TPSA) is 74.8 Å². The lowest BCUT2D eigenvalue weighted by atomic mass is 10.1. The first-order chi connectivity index (χ1) is 13.8. The molecule has 0 saturated carbocycles. The summed E-state index contributed by atoms with van der Waals surface area (Å²) < 4.78 is 37.2. The zero-order chi connectivity index (χ0) is 20.6. The van der Waals surface area contributed by atoms with E-state index >= 15 is 0 Å². The maximum atomic E-state index is 12.4. The van der Waals surface area contributed by atoms with Crippen LogP contribution in [0.15, 0.2) is 65.6 Å². The molecule has 0 bridgehead atoms. The summed E-state index contributed by atoms with van der Waals surface area (Å²) >= 11 is 0. The average molecular weight is 397 g/mol. The number of carbonyl (C=O) groups is 1. The number of nitrogens with one attached hydrogen (secondary N) is 2. The van der Waals surface area contributed by atoms with Gasteiger partial charge in [-0.25, -0.2) is 4.98 Å². The number of pyridine rings is 2. The van der Waals surface area contributed by atoms with E-state index in [2.05, 4.69) is 15.3 Å². The molecular formula is C21H14F3N3O2. The molecule has 0 fully saturated rings. The number of fused-ring (bicyclic) bond motifs is 3. The zero-order valence-corrected chi connectivity index (χ0v) is 14.9. The number of aromatic amines is 1. The maximum absolute atomic E-state index is 12.4. The van der Waals surface area contributed by atoms with Gasteiger partial charge in [-0.3, -0.25) is 9.59 Å². The molecule has 0 amide bonds. The predicted molar refractivity (Wildman–Crippen MR) is 104 cm³/mol. The van der Waals surface area contributed by atoms with Crippen LogP contribution in [0.1, 0.15) is 5.56 Å². The first-order valence-corrected chi connectivity index (χ1v) is 8.68. The molecule has 5 nitrogen and oxygen atoms in total. The normalized spacial score (nSPS) is 11.7. The van der Waals surface area contributed by atoms with Gasteiger partial charge >= 0.3 is 6.18 Å². The van der Waals surface area contributed by atoms with Crippen LogP contribution in [0.4, 0.5) is 24.5 Å². The Hall–Kier alpha value is -3.68. The highest BCUT2D eigenvalue weighted by Gasteiger charge is 2.37. The van der Waals surface area contributed by atoms with Crippen LogP contribution in [-0.4, -0.2) is 21.9 Å². The van der Waals surface area contributed by atoms with Crippen molar-refractivity contribution in [3.05, 3.63) is 76.7 Å². The van der Waals surface area contributed by atoms with Crippen LogP contribution in [0, 0.1) is 0 Å². The fourth-order valence-electron chi connectivity index (χ4n) is 3.15. The Labute approximate surface area is 162 Å². The van der Waals surface area contributed by atoms with Crippen molar-refractivity contribution in [1.82, 2.24) is 9.97 Å². The van der Waals surface area contributed by atoms with Gasteiger partial charge < -0.3 is 10.3 Å². The average Bonchev–Trinajstić information content (AvgIpc) is 2.69. The molecule has 8 heteroatoms. The number of hydrogen-bond donors (Lipinski definition) is 2. The quantitative estimate of drug-likeness (QED) is 0.498. The van der Waals surface area contributed by atoms with Crippen LogP contribution >= 0.6 is 0 Å². The number of benzene rings is 2. The Bertz CT molecular complexity index is 1280. The molecule has 0 atom stereocenters. The number of hydrogen-bond acceptors (Lipinski definition) is 4. The van der Waals surface area contributed by atoms with Crippen molar-refractivity contribution < 1.29 is 18.0 Å². The molecule has 0 unspecified atom stereocenters. The second-order valence-corrected chi connectivity index (χ2v) is 6.50. The molecule has 0 aliphatic rings. The molecule has 2 aromatic carbocycles. The van der Waals surface area contributed by atoms with E-state index in [0.29, 0.717) is 22.4 Å². The molecule has 2 aromatic heterocycles. The number of alkyl halides is 3. The van der Waals surface area contributed by atoms with Gasteiger partial charge in [0.1, 0.15) is 5.65 Å². The van der Waals surface area contributed by atoms with Gasteiger partial charge in [0.25, 0.3) is 5.56 Å². The first kappa shape index (κ1) is 18.7. The third-order valence-electron chi connectivity index (χ3n) is 4.54. The van der Waals surface area contributed by atoms with Crippen LogP contribution in [0.25, 0.3) is 21.8 Å². The van der Waals surface area contributed by atoms with Crippen molar-refractivity contribution in [2.75, 3.05) is 5.32 Å². The SMILES string of the molecule is O=C(Cc1ccc(Nc2ccnc3[nH]c(=O)c4ccccc4c23)cc1)C(F)(F)F. The zero-order valence-electron chi connectivity index (χ0n) is 14.9. The van der Waals surface area contributed by atoms with Crippen LogP contribution in [0.5, 0.6) is 0 Å². The predicted octanol–water partition coefficient (Wildman–Crippen LogP) is 4.49. The van der Waals surface area contributed by atoms with Crippen molar-refractivity contribution in [3.8, 4) is 0 Å². The molecule has 0 spiro atoms. The van der Waals surface area contributed by atoms with Crippen molar-refractivity contribution in [2.45, 2.75) is 12.6 Å². The van der Waals surface area contributed by atoms with Crippen LogP contribution in [0.3, 0.4) is 0 Å². The lowest BCUT2D eigenvalue weighted by Crippen LogP contribution is -2.24. The minimum absolute atomic E-state index is 0.239. The summed E-state index contributed by atoms with van der Waals surface area (Å²) in [7, 11) is 0. The fraction of sp³-hybridized carbons (Fsp3) is 0.0952. The lowest BCUT2D eigenvalue weighted by molar-refractivity contribution is -0.170. The summed E-state index contributed by atoms with van der Waals surface area (Å²) in [6.45, 7) is 0. The van der Waals surface area contributed by atoms with E-state index in [4.69, 9.17) is 0 Å². The van der Waals surface area contributed by atoms with E-state index in [1.807, 2.05) is 12.1 Å². The molecule has 0 aliphatic carbocycles. The molecule has 2 heterocycles. The Morgan fingerprint density at radius 3 is 2.38 bits per heavy atom. The second kappa shape index (κ2) is 7.05. The van der Waals surface area contributed by atoms with Gasteiger partial charge in [0, 0.05) is 34.5 Å². The molecule has 0 radical (unpaired) electrons. The monoisotopic (exact) mass is 397 g/mol. The summed E-state index contributed by atoms with van der Waals surface area (Å²) in [6, 6.07) is 15.0. The van der Waals surface area contributed by atoms with Crippen LogP contribution < -0.4 is 10.9 Å². The number of H-pyrrole nitrogens is 1. The van der Waals surface area contributed by atoms with Gasteiger partial charge in [0.2, 0.25) is 5.78 Å². The van der Waals surface area contributed by atoms with Gasteiger partial charge in [0.05, 0.1) is 5.69 Å². The molecule has 4 rings (SSSR count). The van der Waals surface area contributed by atoms with E-state index < -0.39 is 18.4 Å². The van der Waals surface area contributed by atoms with Gasteiger partial charge in [-0.05, 0) is 29.8 Å². The van der Waals surface area contributed by atoms with Crippen LogP contribution in [0.2, 0.25) is 0 Å². The van der Waals surface area contributed by atoms with E-state index in [-0.39, 0.29) is 11.1 Å². The van der Waals surface area contributed by atoms with E-state index in [1.165, 1.54) is 12.1 Å². The number of nitrogens with zero attached hydrogens (tertiary/aromatic N) is 1. The third-order valence-corrected chi connectivity index (χ3v) is 4.54. The molecule has 29 heavy (non-hydrogen) atoms. The number of anilines is 2. The largest absolute Gasteiger partial charge is 0.450 e. The van der Waals surface area contributed by atoms with Crippen molar-refractivity contribution in [3.63, 3.8) is 0 Å². The Morgan fingerprint density at radius 2 is 1.69 bits per heavy atom. The van der Waals surface area contributed by atoms with Gasteiger partial charge in [-0.2, -0.15) is 13.2 Å². The Kier molecular flexibility index (Phi) is 4.54. The lowest BCUT2D eigenvalue weighted by Gasteiger charge is -2.12. The summed E-state index contributed by atoms with van der Waals surface area (Å²) in [4.78, 5) is 30.3. The van der Waals surface area contributed by atoms with Gasteiger partial charge in [0.15, 0.2) is 0 Å². The minimum Gasteiger partial charge on any atom is -0.355 e. The Morgan fingerprint density at radius 1 is 1.00 bits per heavy atom. The smallest absolute Gasteiger partial charge is 0.355 e. The van der Waals surface area contributed by atoms with E-state index in [1.54, 1.807) is 36.5 Å².